The van der Waals surface area contributed by atoms with Crippen molar-refractivity contribution < 1.29 is 9.59 Å². The van der Waals surface area contributed by atoms with Gasteiger partial charge in [0.05, 0.1) is 18.7 Å². The standard InChI is InChI=1S/C13H20N4O2/c14-9-10-3-2-7-17(10)11-4-1-5-13(11,12(15)19)16-6-8-18/h8,10-11,16H,1-7H2,(H2,15,19)/t10-,11?,13?/m0/s1. The Morgan fingerprint density at radius 3 is 2.95 bits per heavy atom. The summed E-state index contributed by atoms with van der Waals surface area (Å²) in [6.07, 6.45) is 4.91. The minimum Gasteiger partial charge on any atom is -0.368 e. The van der Waals surface area contributed by atoms with Crippen LogP contribution in [0.1, 0.15) is 32.1 Å². The molecule has 1 heterocycles. The zero-order valence-corrected chi connectivity index (χ0v) is 11.0. The first-order valence-electron chi connectivity index (χ1n) is 6.79. The highest BCUT2D eigenvalue weighted by Crippen LogP contribution is 2.37. The third-order valence-corrected chi connectivity index (χ3v) is 4.40. The van der Waals surface area contributed by atoms with Gasteiger partial charge in [-0.15, -0.1) is 0 Å². The van der Waals surface area contributed by atoms with E-state index in [2.05, 4.69) is 16.3 Å². The maximum absolute atomic E-state index is 11.9. The van der Waals surface area contributed by atoms with Crippen LogP contribution in [0.15, 0.2) is 0 Å². The molecule has 0 bridgehead atoms. The number of nitriles is 1. The molecule has 3 N–H and O–H groups in total. The summed E-state index contributed by atoms with van der Waals surface area (Å²) >= 11 is 0. The van der Waals surface area contributed by atoms with Gasteiger partial charge in [-0.05, 0) is 38.6 Å². The van der Waals surface area contributed by atoms with Crippen LogP contribution < -0.4 is 11.1 Å². The van der Waals surface area contributed by atoms with Gasteiger partial charge in [-0.1, -0.05) is 0 Å². The quantitative estimate of drug-likeness (QED) is 0.655. The zero-order chi connectivity index (χ0) is 13.9. The van der Waals surface area contributed by atoms with Gasteiger partial charge >= 0.3 is 0 Å². The van der Waals surface area contributed by atoms with E-state index in [0.29, 0.717) is 6.42 Å². The van der Waals surface area contributed by atoms with Crippen LogP contribution in [0, 0.1) is 11.3 Å². The Labute approximate surface area is 112 Å². The lowest BCUT2D eigenvalue weighted by Crippen LogP contribution is -2.65. The smallest absolute Gasteiger partial charge is 0.239 e. The molecular formula is C13H20N4O2. The van der Waals surface area contributed by atoms with Crippen LogP contribution in [0.3, 0.4) is 0 Å². The minimum absolute atomic E-state index is 0.0721. The van der Waals surface area contributed by atoms with Crippen molar-refractivity contribution in [1.29, 1.82) is 5.26 Å². The third kappa shape index (κ3) is 2.36. The van der Waals surface area contributed by atoms with Gasteiger partial charge in [0.25, 0.3) is 0 Å². The highest BCUT2D eigenvalue weighted by atomic mass is 16.1. The van der Waals surface area contributed by atoms with Gasteiger partial charge < -0.3 is 10.5 Å². The van der Waals surface area contributed by atoms with Crippen molar-refractivity contribution in [3.05, 3.63) is 0 Å². The van der Waals surface area contributed by atoms with Crippen LogP contribution in [0.5, 0.6) is 0 Å². The van der Waals surface area contributed by atoms with Crippen LogP contribution in [-0.4, -0.2) is 47.8 Å². The van der Waals surface area contributed by atoms with Crippen LogP contribution in [-0.2, 0) is 9.59 Å². The molecule has 0 aromatic rings. The zero-order valence-electron chi connectivity index (χ0n) is 11.0. The second-order valence-corrected chi connectivity index (χ2v) is 5.32. The molecule has 0 aromatic carbocycles. The summed E-state index contributed by atoms with van der Waals surface area (Å²) in [6, 6.07) is 2.09. The summed E-state index contributed by atoms with van der Waals surface area (Å²) < 4.78 is 0. The number of rotatable bonds is 5. The molecule has 19 heavy (non-hydrogen) atoms. The van der Waals surface area contributed by atoms with Crippen LogP contribution >= 0.6 is 0 Å². The predicted octanol–water partition coefficient (Wildman–Crippen LogP) is -0.461. The summed E-state index contributed by atoms with van der Waals surface area (Å²) in [7, 11) is 0. The van der Waals surface area contributed by atoms with E-state index in [-0.39, 0.29) is 18.6 Å². The number of amides is 1. The SMILES string of the molecule is N#C[C@@H]1CCCN1C1CCCC1(NCC=O)C(N)=O. The Morgan fingerprint density at radius 1 is 1.53 bits per heavy atom. The molecule has 1 amide bonds. The topological polar surface area (TPSA) is 99.2 Å². The Balaban J connectivity index is 2.24. The van der Waals surface area contributed by atoms with E-state index in [1.807, 2.05) is 0 Å². The number of carbonyl (C=O) groups excluding carboxylic acids is 2. The fraction of sp³-hybridized carbons (Fsp3) is 0.769. The Morgan fingerprint density at radius 2 is 2.32 bits per heavy atom. The van der Waals surface area contributed by atoms with Gasteiger partial charge in [-0.3, -0.25) is 15.0 Å². The number of carbonyl (C=O) groups is 2. The van der Waals surface area contributed by atoms with Gasteiger partial charge in [0.2, 0.25) is 5.91 Å². The van der Waals surface area contributed by atoms with Gasteiger partial charge in [0.1, 0.15) is 11.8 Å². The number of nitrogens with one attached hydrogen (secondary N) is 1. The number of nitrogens with two attached hydrogens (primary N) is 1. The van der Waals surface area contributed by atoms with Gasteiger partial charge in [0.15, 0.2) is 0 Å². The van der Waals surface area contributed by atoms with Crippen molar-refractivity contribution in [2.75, 3.05) is 13.1 Å². The van der Waals surface area contributed by atoms with Crippen LogP contribution in [0.2, 0.25) is 0 Å². The van der Waals surface area contributed by atoms with Crippen molar-refractivity contribution in [2.24, 2.45) is 5.73 Å². The first kappa shape index (κ1) is 14.0. The summed E-state index contributed by atoms with van der Waals surface area (Å²) in [5.41, 5.74) is 4.73. The van der Waals surface area contributed by atoms with E-state index in [1.165, 1.54) is 0 Å². The predicted molar refractivity (Wildman–Crippen MR) is 69.0 cm³/mol. The van der Waals surface area contributed by atoms with Gasteiger partial charge in [-0.25, -0.2) is 0 Å². The normalized spacial score (nSPS) is 35.1. The van der Waals surface area contributed by atoms with E-state index in [4.69, 9.17) is 5.73 Å². The van der Waals surface area contributed by atoms with Gasteiger partial charge in [0, 0.05) is 6.04 Å². The van der Waals surface area contributed by atoms with Crippen molar-refractivity contribution in [1.82, 2.24) is 10.2 Å². The molecule has 1 aliphatic heterocycles. The highest BCUT2D eigenvalue weighted by molar-refractivity contribution is 5.86. The fourth-order valence-corrected chi connectivity index (χ4v) is 3.54. The van der Waals surface area contributed by atoms with Crippen LogP contribution in [0.4, 0.5) is 0 Å². The molecule has 1 saturated carbocycles. The molecule has 1 saturated heterocycles. The summed E-state index contributed by atoms with van der Waals surface area (Å²) in [6.45, 7) is 0.936. The molecule has 2 unspecified atom stereocenters. The largest absolute Gasteiger partial charge is 0.368 e. The molecule has 0 spiro atoms. The molecule has 2 aliphatic rings. The monoisotopic (exact) mass is 264 g/mol. The highest BCUT2D eigenvalue weighted by Gasteiger charge is 2.51. The van der Waals surface area contributed by atoms with E-state index < -0.39 is 11.4 Å². The van der Waals surface area contributed by atoms with E-state index in [9.17, 15) is 14.9 Å². The lowest BCUT2D eigenvalue weighted by Gasteiger charge is -2.39. The number of hydrogen-bond acceptors (Lipinski definition) is 5. The van der Waals surface area contributed by atoms with Gasteiger partial charge in [-0.2, -0.15) is 5.26 Å². The molecule has 0 aromatic heterocycles. The molecule has 2 rings (SSSR count). The summed E-state index contributed by atoms with van der Waals surface area (Å²) in [5, 5.41) is 12.2. The molecule has 6 nitrogen and oxygen atoms in total. The molecular weight excluding hydrogens is 244 g/mol. The Kier molecular flexibility index (Phi) is 4.17. The second-order valence-electron chi connectivity index (χ2n) is 5.32. The van der Waals surface area contributed by atoms with Crippen molar-refractivity contribution >= 4 is 12.2 Å². The first-order valence-corrected chi connectivity index (χ1v) is 6.79. The Bertz CT molecular complexity index is 406. The van der Waals surface area contributed by atoms with E-state index >= 15 is 0 Å². The van der Waals surface area contributed by atoms with E-state index in [0.717, 1.165) is 38.5 Å². The average Bonchev–Trinajstić information content (AvgIpc) is 3.02. The molecule has 2 fully saturated rings. The maximum atomic E-state index is 11.9. The lowest BCUT2D eigenvalue weighted by atomic mass is 9.90. The molecule has 0 radical (unpaired) electrons. The maximum Gasteiger partial charge on any atom is 0.239 e. The summed E-state index contributed by atoms with van der Waals surface area (Å²) in [4.78, 5) is 24.6. The molecule has 1 aliphatic carbocycles. The third-order valence-electron chi connectivity index (χ3n) is 4.40. The molecule has 3 atom stereocenters. The van der Waals surface area contributed by atoms with Crippen molar-refractivity contribution in [3.63, 3.8) is 0 Å². The Hall–Kier alpha value is -1.45. The van der Waals surface area contributed by atoms with Crippen LogP contribution in [0.25, 0.3) is 0 Å². The fourth-order valence-electron chi connectivity index (χ4n) is 3.54. The number of nitrogens with zero attached hydrogens (tertiary/aromatic N) is 2. The minimum atomic E-state index is -0.861. The van der Waals surface area contributed by atoms with E-state index in [1.54, 1.807) is 0 Å². The van der Waals surface area contributed by atoms with Crippen molar-refractivity contribution in [2.45, 2.75) is 49.7 Å². The first-order chi connectivity index (χ1) is 9.15. The number of aldehydes is 1. The van der Waals surface area contributed by atoms with Crippen molar-refractivity contribution in [3.8, 4) is 6.07 Å². The summed E-state index contributed by atoms with van der Waals surface area (Å²) in [5.74, 6) is -0.416. The lowest BCUT2D eigenvalue weighted by molar-refractivity contribution is -0.126. The molecule has 104 valence electrons. The number of hydrogen-bond donors (Lipinski definition) is 2. The molecule has 6 heteroatoms. The second kappa shape index (κ2) is 5.68. The average molecular weight is 264 g/mol. The number of primary amides is 1. The number of likely N-dealkylation sites (tertiary alicyclic amines) is 1.